The summed E-state index contributed by atoms with van der Waals surface area (Å²) in [5.41, 5.74) is 8.35. The van der Waals surface area contributed by atoms with E-state index in [1.807, 2.05) is 49.3 Å². The van der Waals surface area contributed by atoms with Crippen LogP contribution in [0, 0.1) is 0 Å². The highest BCUT2D eigenvalue weighted by atomic mass is 15.0. The molecule has 3 N–H and O–H groups in total. The van der Waals surface area contributed by atoms with E-state index in [4.69, 9.17) is 4.98 Å². The van der Waals surface area contributed by atoms with Gasteiger partial charge in [0.05, 0.1) is 22.9 Å². The van der Waals surface area contributed by atoms with E-state index in [0.717, 1.165) is 61.4 Å². The molecule has 8 heteroatoms. The van der Waals surface area contributed by atoms with E-state index >= 15 is 0 Å². The fraction of sp³-hybridized carbons (Fsp3) is 0.115. The van der Waals surface area contributed by atoms with Crippen molar-refractivity contribution in [1.82, 2.24) is 34.9 Å². The summed E-state index contributed by atoms with van der Waals surface area (Å²) >= 11 is 0. The summed E-state index contributed by atoms with van der Waals surface area (Å²) in [6.07, 6.45) is 14.7. The van der Waals surface area contributed by atoms with Gasteiger partial charge >= 0.3 is 0 Å². The van der Waals surface area contributed by atoms with Crippen molar-refractivity contribution in [1.29, 1.82) is 0 Å². The molecule has 6 rings (SSSR count). The molecule has 0 spiro atoms. The smallest absolute Gasteiger partial charge is 0.140 e. The second kappa shape index (κ2) is 8.08. The van der Waals surface area contributed by atoms with Crippen LogP contribution in [0.25, 0.3) is 55.7 Å². The molecule has 6 aromatic heterocycles. The number of anilines is 1. The Morgan fingerprint density at radius 3 is 2.56 bits per heavy atom. The Balaban J connectivity index is 1.45. The number of aromatic nitrogens is 7. The van der Waals surface area contributed by atoms with Crippen molar-refractivity contribution >= 4 is 27.8 Å². The number of rotatable bonds is 5. The standard InChI is InChI=1S/C26H22N8/c1-15(2)32-19-6-17(9-28-11-19)18-7-20-22(13-31-25(20)30-10-18)26-33-23-14-29-12-21(24(23)34-26)16-4-3-5-27-8-16/h3-15,32H,1-2H3,(H,30,31)(H,33,34). The lowest BCUT2D eigenvalue weighted by atomic mass is 10.1. The number of aromatic amines is 2. The van der Waals surface area contributed by atoms with Crippen LogP contribution in [-0.2, 0) is 0 Å². The van der Waals surface area contributed by atoms with E-state index in [0.29, 0.717) is 6.04 Å². The summed E-state index contributed by atoms with van der Waals surface area (Å²) in [7, 11) is 0. The summed E-state index contributed by atoms with van der Waals surface area (Å²) in [6.45, 7) is 4.21. The number of imidazole rings is 1. The van der Waals surface area contributed by atoms with Crippen molar-refractivity contribution < 1.29 is 0 Å². The third-order valence-electron chi connectivity index (χ3n) is 5.68. The maximum absolute atomic E-state index is 4.94. The van der Waals surface area contributed by atoms with Crippen LogP contribution in [0.1, 0.15) is 13.8 Å². The minimum atomic E-state index is 0.327. The maximum Gasteiger partial charge on any atom is 0.140 e. The highest BCUT2D eigenvalue weighted by Crippen LogP contribution is 2.33. The lowest BCUT2D eigenvalue weighted by Crippen LogP contribution is -2.09. The number of fused-ring (bicyclic) bond motifs is 2. The number of hydrogen-bond acceptors (Lipinski definition) is 6. The lowest BCUT2D eigenvalue weighted by Gasteiger charge is -2.10. The molecule has 0 aliphatic rings. The van der Waals surface area contributed by atoms with Gasteiger partial charge in [0.2, 0.25) is 0 Å². The van der Waals surface area contributed by atoms with Crippen molar-refractivity contribution in [3.63, 3.8) is 0 Å². The second-order valence-electron chi connectivity index (χ2n) is 8.49. The largest absolute Gasteiger partial charge is 0.382 e. The van der Waals surface area contributed by atoms with Gasteiger partial charge in [-0.1, -0.05) is 6.07 Å². The normalized spacial score (nSPS) is 11.5. The molecule has 0 saturated heterocycles. The quantitative estimate of drug-likeness (QED) is 0.325. The van der Waals surface area contributed by atoms with Gasteiger partial charge in [-0.3, -0.25) is 15.0 Å². The lowest BCUT2D eigenvalue weighted by molar-refractivity contribution is 0.898. The topological polar surface area (TPSA) is 108 Å². The molecule has 0 radical (unpaired) electrons. The molecule has 34 heavy (non-hydrogen) atoms. The van der Waals surface area contributed by atoms with Gasteiger partial charge in [-0.2, -0.15) is 0 Å². The first-order chi connectivity index (χ1) is 16.7. The van der Waals surface area contributed by atoms with E-state index in [1.54, 1.807) is 12.4 Å². The number of hydrogen-bond donors (Lipinski definition) is 3. The van der Waals surface area contributed by atoms with Crippen LogP contribution in [0.4, 0.5) is 5.69 Å². The molecule has 0 fully saturated rings. The van der Waals surface area contributed by atoms with Crippen LogP contribution in [0.5, 0.6) is 0 Å². The molecule has 0 atom stereocenters. The molecular formula is C26H22N8. The minimum Gasteiger partial charge on any atom is -0.382 e. The van der Waals surface area contributed by atoms with Crippen LogP contribution in [0.15, 0.2) is 73.8 Å². The first-order valence-corrected chi connectivity index (χ1v) is 11.1. The highest BCUT2D eigenvalue weighted by molar-refractivity contribution is 5.98. The molecule has 0 aliphatic heterocycles. The third kappa shape index (κ3) is 3.55. The van der Waals surface area contributed by atoms with Gasteiger partial charge in [-0.15, -0.1) is 0 Å². The Bertz CT molecular complexity index is 1610. The average molecular weight is 447 g/mol. The van der Waals surface area contributed by atoms with Gasteiger partial charge in [0.25, 0.3) is 0 Å². The van der Waals surface area contributed by atoms with Crippen LogP contribution in [0.3, 0.4) is 0 Å². The minimum absolute atomic E-state index is 0.327. The molecule has 8 nitrogen and oxygen atoms in total. The van der Waals surface area contributed by atoms with E-state index in [9.17, 15) is 0 Å². The first-order valence-electron chi connectivity index (χ1n) is 11.1. The highest BCUT2D eigenvalue weighted by Gasteiger charge is 2.15. The molecule has 0 bridgehead atoms. The summed E-state index contributed by atoms with van der Waals surface area (Å²) < 4.78 is 0. The molecule has 0 saturated carbocycles. The average Bonchev–Trinajstić information content (AvgIpc) is 3.48. The number of nitrogens with one attached hydrogen (secondary N) is 3. The van der Waals surface area contributed by atoms with Crippen molar-refractivity contribution in [3.05, 3.63) is 73.8 Å². The Morgan fingerprint density at radius 1 is 0.853 bits per heavy atom. The van der Waals surface area contributed by atoms with Gasteiger partial charge in [0.15, 0.2) is 0 Å². The van der Waals surface area contributed by atoms with Gasteiger partial charge < -0.3 is 15.3 Å². The molecule has 0 unspecified atom stereocenters. The van der Waals surface area contributed by atoms with E-state index in [2.05, 4.69) is 61.2 Å². The van der Waals surface area contributed by atoms with Gasteiger partial charge in [-0.05, 0) is 32.0 Å². The zero-order chi connectivity index (χ0) is 23.1. The zero-order valence-corrected chi connectivity index (χ0v) is 18.7. The summed E-state index contributed by atoms with van der Waals surface area (Å²) in [5.74, 6) is 0.756. The molecule has 0 aromatic carbocycles. The Labute approximate surface area is 195 Å². The molecule has 0 amide bonds. The van der Waals surface area contributed by atoms with Crippen LogP contribution in [0.2, 0.25) is 0 Å². The summed E-state index contributed by atoms with van der Waals surface area (Å²) in [5, 5.41) is 4.38. The first kappa shape index (κ1) is 20.0. The predicted molar refractivity (Wildman–Crippen MR) is 134 cm³/mol. The van der Waals surface area contributed by atoms with E-state index in [1.165, 1.54) is 0 Å². The van der Waals surface area contributed by atoms with Crippen molar-refractivity contribution in [2.75, 3.05) is 5.32 Å². The molecule has 6 aromatic rings. The monoisotopic (exact) mass is 446 g/mol. The number of pyridine rings is 4. The number of H-pyrrole nitrogens is 2. The molecule has 0 aliphatic carbocycles. The Kier molecular flexibility index (Phi) is 4.76. The van der Waals surface area contributed by atoms with Crippen LogP contribution in [-0.4, -0.2) is 40.9 Å². The van der Waals surface area contributed by atoms with Crippen LogP contribution < -0.4 is 5.32 Å². The SMILES string of the molecule is CC(C)Nc1cncc(-c2cnc3[nH]cc(-c4nc5c(-c6cccnc6)cncc5[nH]4)c3c2)c1. The summed E-state index contributed by atoms with van der Waals surface area (Å²) in [4.78, 5) is 29.3. The second-order valence-corrected chi connectivity index (χ2v) is 8.49. The predicted octanol–water partition coefficient (Wildman–Crippen LogP) is 5.45. The zero-order valence-electron chi connectivity index (χ0n) is 18.7. The Hall–Kier alpha value is -4.59. The van der Waals surface area contributed by atoms with Crippen molar-refractivity contribution in [3.8, 4) is 33.6 Å². The van der Waals surface area contributed by atoms with Gasteiger partial charge in [-0.25, -0.2) is 9.97 Å². The van der Waals surface area contributed by atoms with Gasteiger partial charge in [0, 0.05) is 82.6 Å². The van der Waals surface area contributed by atoms with E-state index < -0.39 is 0 Å². The third-order valence-corrected chi connectivity index (χ3v) is 5.68. The summed E-state index contributed by atoms with van der Waals surface area (Å²) in [6, 6.07) is 8.46. The van der Waals surface area contributed by atoms with Crippen molar-refractivity contribution in [2.45, 2.75) is 19.9 Å². The Morgan fingerprint density at radius 2 is 1.71 bits per heavy atom. The maximum atomic E-state index is 4.94. The molecular weight excluding hydrogens is 424 g/mol. The van der Waals surface area contributed by atoms with Crippen molar-refractivity contribution in [2.24, 2.45) is 0 Å². The fourth-order valence-electron chi connectivity index (χ4n) is 4.16. The van der Waals surface area contributed by atoms with Crippen LogP contribution >= 0.6 is 0 Å². The van der Waals surface area contributed by atoms with E-state index in [-0.39, 0.29) is 0 Å². The van der Waals surface area contributed by atoms with Gasteiger partial charge in [0.1, 0.15) is 11.5 Å². The molecule has 166 valence electrons. The number of nitrogens with zero attached hydrogens (tertiary/aromatic N) is 5. The molecule has 6 heterocycles. The fourth-order valence-corrected chi connectivity index (χ4v) is 4.16.